The fraction of sp³-hybridized carbons (Fsp3) is 0.625. The molecule has 0 saturated heterocycles. The van der Waals surface area contributed by atoms with Gasteiger partial charge in [-0.25, -0.2) is 0 Å². The summed E-state index contributed by atoms with van der Waals surface area (Å²) >= 11 is 0. The van der Waals surface area contributed by atoms with Crippen molar-refractivity contribution in [2.75, 3.05) is 13.6 Å². The van der Waals surface area contributed by atoms with Crippen LogP contribution in [0.2, 0.25) is 0 Å². The van der Waals surface area contributed by atoms with E-state index in [2.05, 4.69) is 33.6 Å². The van der Waals surface area contributed by atoms with Crippen molar-refractivity contribution in [1.29, 1.82) is 0 Å². The van der Waals surface area contributed by atoms with Gasteiger partial charge in [-0.2, -0.15) is 0 Å². The third kappa shape index (κ3) is 4.83. The summed E-state index contributed by atoms with van der Waals surface area (Å²) in [6.45, 7) is 3.23. The van der Waals surface area contributed by atoms with Crippen LogP contribution in [0.25, 0.3) is 0 Å². The SMILES string of the molecule is CN=C(NCCc1cccnc1)NC1CCC(C)CC1. The number of nitrogens with one attached hydrogen (secondary N) is 2. The van der Waals surface area contributed by atoms with Crippen LogP contribution >= 0.6 is 0 Å². The number of pyridine rings is 1. The molecule has 1 aromatic rings. The number of hydrogen-bond donors (Lipinski definition) is 2. The molecule has 0 unspecified atom stereocenters. The molecule has 0 radical (unpaired) electrons. The normalized spacial score (nSPS) is 23.4. The number of nitrogens with zero attached hydrogens (tertiary/aromatic N) is 2. The standard InChI is InChI=1S/C16H26N4/c1-13-5-7-15(8-6-13)20-16(17-2)19-11-9-14-4-3-10-18-12-14/h3-4,10,12-13,15H,5-9,11H2,1-2H3,(H2,17,19,20). The molecule has 0 aromatic carbocycles. The summed E-state index contributed by atoms with van der Waals surface area (Å²) in [5.74, 6) is 1.81. The zero-order valence-corrected chi connectivity index (χ0v) is 12.6. The van der Waals surface area contributed by atoms with Gasteiger partial charge in [-0.1, -0.05) is 13.0 Å². The van der Waals surface area contributed by atoms with Gasteiger partial charge in [-0.05, 0) is 49.7 Å². The lowest BCUT2D eigenvalue weighted by Gasteiger charge is -2.28. The van der Waals surface area contributed by atoms with Crippen LogP contribution in [0.5, 0.6) is 0 Å². The Bertz CT molecular complexity index is 408. The van der Waals surface area contributed by atoms with Crippen molar-refractivity contribution in [2.45, 2.75) is 45.1 Å². The molecule has 1 aromatic heterocycles. The van der Waals surface area contributed by atoms with Crippen molar-refractivity contribution in [3.8, 4) is 0 Å². The summed E-state index contributed by atoms with van der Waals surface area (Å²) in [5, 5.41) is 6.92. The average Bonchev–Trinajstić information content (AvgIpc) is 2.49. The quantitative estimate of drug-likeness (QED) is 0.654. The summed E-state index contributed by atoms with van der Waals surface area (Å²) in [6.07, 6.45) is 9.85. The Morgan fingerprint density at radius 3 is 2.80 bits per heavy atom. The van der Waals surface area contributed by atoms with Crippen molar-refractivity contribution >= 4 is 5.96 Å². The van der Waals surface area contributed by atoms with Crippen molar-refractivity contribution in [1.82, 2.24) is 15.6 Å². The maximum atomic E-state index is 4.31. The van der Waals surface area contributed by atoms with Crippen LogP contribution < -0.4 is 10.6 Å². The number of rotatable bonds is 4. The van der Waals surface area contributed by atoms with Gasteiger partial charge in [0.05, 0.1) is 0 Å². The molecular formula is C16H26N4. The smallest absolute Gasteiger partial charge is 0.191 e. The number of guanidine groups is 1. The molecule has 0 atom stereocenters. The van der Waals surface area contributed by atoms with Crippen LogP contribution in [0.1, 0.15) is 38.2 Å². The lowest BCUT2D eigenvalue weighted by Crippen LogP contribution is -2.45. The predicted molar refractivity (Wildman–Crippen MR) is 83.9 cm³/mol. The number of aromatic nitrogens is 1. The summed E-state index contributed by atoms with van der Waals surface area (Å²) in [7, 11) is 1.84. The molecule has 1 fully saturated rings. The fourth-order valence-electron chi connectivity index (χ4n) is 2.66. The molecule has 0 amide bonds. The first-order valence-corrected chi connectivity index (χ1v) is 7.64. The van der Waals surface area contributed by atoms with E-state index >= 15 is 0 Å². The van der Waals surface area contributed by atoms with Gasteiger partial charge in [0, 0.05) is 32.0 Å². The third-order valence-electron chi connectivity index (χ3n) is 4.01. The second-order valence-corrected chi connectivity index (χ2v) is 5.71. The van der Waals surface area contributed by atoms with Crippen LogP contribution in [0.4, 0.5) is 0 Å². The number of aliphatic imine (C=N–C) groups is 1. The van der Waals surface area contributed by atoms with Crippen LogP contribution in [0.15, 0.2) is 29.5 Å². The van der Waals surface area contributed by atoms with Crippen molar-refractivity contribution in [3.63, 3.8) is 0 Å². The molecule has 1 aliphatic rings. The Morgan fingerprint density at radius 1 is 1.35 bits per heavy atom. The first-order chi connectivity index (χ1) is 9.78. The van der Waals surface area contributed by atoms with Crippen molar-refractivity contribution in [2.24, 2.45) is 10.9 Å². The fourth-order valence-corrected chi connectivity index (χ4v) is 2.66. The van der Waals surface area contributed by atoms with Gasteiger partial charge in [-0.15, -0.1) is 0 Å². The average molecular weight is 274 g/mol. The van der Waals surface area contributed by atoms with Gasteiger partial charge < -0.3 is 10.6 Å². The topological polar surface area (TPSA) is 49.3 Å². The highest BCUT2D eigenvalue weighted by atomic mass is 15.2. The molecule has 0 aliphatic heterocycles. The molecule has 0 spiro atoms. The summed E-state index contributed by atoms with van der Waals surface area (Å²) in [4.78, 5) is 8.44. The zero-order chi connectivity index (χ0) is 14.2. The molecule has 4 nitrogen and oxygen atoms in total. The molecule has 1 aliphatic carbocycles. The predicted octanol–water partition coefficient (Wildman–Crippen LogP) is 2.37. The zero-order valence-electron chi connectivity index (χ0n) is 12.6. The van der Waals surface area contributed by atoms with E-state index in [1.807, 2.05) is 25.5 Å². The maximum Gasteiger partial charge on any atom is 0.191 e. The molecule has 1 heterocycles. The summed E-state index contributed by atoms with van der Waals surface area (Å²) < 4.78 is 0. The minimum absolute atomic E-state index is 0.579. The first kappa shape index (κ1) is 14.8. The van der Waals surface area contributed by atoms with Gasteiger partial charge in [-0.3, -0.25) is 9.98 Å². The van der Waals surface area contributed by atoms with Crippen LogP contribution in [0.3, 0.4) is 0 Å². The van der Waals surface area contributed by atoms with Crippen molar-refractivity contribution in [3.05, 3.63) is 30.1 Å². The van der Waals surface area contributed by atoms with E-state index in [-0.39, 0.29) is 0 Å². The van der Waals surface area contributed by atoms with Gasteiger partial charge in [0.2, 0.25) is 0 Å². The van der Waals surface area contributed by atoms with E-state index in [1.54, 1.807) is 0 Å². The molecule has 110 valence electrons. The van der Waals surface area contributed by atoms with E-state index in [1.165, 1.54) is 31.2 Å². The van der Waals surface area contributed by atoms with E-state index < -0.39 is 0 Å². The maximum absolute atomic E-state index is 4.31. The van der Waals surface area contributed by atoms with Crippen LogP contribution in [-0.4, -0.2) is 30.6 Å². The van der Waals surface area contributed by atoms with Gasteiger partial charge in [0.15, 0.2) is 5.96 Å². The van der Waals surface area contributed by atoms with E-state index in [9.17, 15) is 0 Å². The Labute approximate surface area is 122 Å². The number of hydrogen-bond acceptors (Lipinski definition) is 2. The van der Waals surface area contributed by atoms with Crippen molar-refractivity contribution < 1.29 is 0 Å². The monoisotopic (exact) mass is 274 g/mol. The molecular weight excluding hydrogens is 248 g/mol. The van der Waals surface area contributed by atoms with E-state index in [0.717, 1.165) is 24.8 Å². The molecule has 2 N–H and O–H groups in total. The molecule has 2 rings (SSSR count). The lowest BCUT2D eigenvalue weighted by molar-refractivity contribution is 0.329. The molecule has 4 heteroatoms. The summed E-state index contributed by atoms with van der Waals surface area (Å²) in [5.41, 5.74) is 1.25. The van der Waals surface area contributed by atoms with Gasteiger partial charge in [0.25, 0.3) is 0 Å². The van der Waals surface area contributed by atoms with Gasteiger partial charge >= 0.3 is 0 Å². The highest BCUT2D eigenvalue weighted by molar-refractivity contribution is 5.79. The summed E-state index contributed by atoms with van der Waals surface area (Å²) in [6, 6.07) is 4.66. The Hall–Kier alpha value is -1.58. The van der Waals surface area contributed by atoms with Crippen LogP contribution in [-0.2, 0) is 6.42 Å². The van der Waals surface area contributed by atoms with Gasteiger partial charge in [0.1, 0.15) is 0 Å². The first-order valence-electron chi connectivity index (χ1n) is 7.64. The minimum Gasteiger partial charge on any atom is -0.356 e. The second-order valence-electron chi connectivity index (χ2n) is 5.71. The molecule has 20 heavy (non-hydrogen) atoms. The van der Waals surface area contributed by atoms with E-state index in [4.69, 9.17) is 0 Å². The largest absolute Gasteiger partial charge is 0.356 e. The minimum atomic E-state index is 0.579. The molecule has 0 bridgehead atoms. The Kier molecular flexibility index (Phi) is 5.84. The highest BCUT2D eigenvalue weighted by Crippen LogP contribution is 2.23. The lowest BCUT2D eigenvalue weighted by atomic mass is 9.87. The Balaban J connectivity index is 1.70. The van der Waals surface area contributed by atoms with E-state index in [0.29, 0.717) is 6.04 Å². The van der Waals surface area contributed by atoms with Crippen LogP contribution in [0, 0.1) is 5.92 Å². The third-order valence-corrected chi connectivity index (χ3v) is 4.01. The Morgan fingerprint density at radius 2 is 2.15 bits per heavy atom. The highest BCUT2D eigenvalue weighted by Gasteiger charge is 2.18. The second kappa shape index (κ2) is 7.88. The molecule has 1 saturated carbocycles.